The fourth-order valence-electron chi connectivity index (χ4n) is 2.10. The van der Waals surface area contributed by atoms with Gasteiger partial charge in [0.05, 0.1) is 0 Å². The largest absolute Gasteiger partial charge is 0.330 e. The van der Waals surface area contributed by atoms with Crippen LogP contribution in [-0.2, 0) is 0 Å². The number of nitrogens with two attached hydrogens (primary N) is 1. The summed E-state index contributed by atoms with van der Waals surface area (Å²) < 4.78 is 0. The van der Waals surface area contributed by atoms with Crippen LogP contribution >= 0.6 is 12.4 Å². The molecule has 0 aromatic carbocycles. The zero-order chi connectivity index (χ0) is 8.48. The zero-order valence-corrected chi connectivity index (χ0v) is 10.3. The van der Waals surface area contributed by atoms with Crippen molar-refractivity contribution in [1.29, 1.82) is 0 Å². The van der Waals surface area contributed by atoms with Gasteiger partial charge in [-0.3, -0.25) is 0 Å². The van der Waals surface area contributed by atoms with E-state index in [1.807, 2.05) is 0 Å². The predicted octanol–water partition coefficient (Wildman–Crippen LogP) is 2.73. The molecule has 0 atom stereocenters. The molecule has 3 heteroatoms. The molecule has 0 radical (unpaired) electrons. The van der Waals surface area contributed by atoms with Crippen LogP contribution < -0.4 is 5.73 Å². The Bertz CT molecular complexity index is 127. The molecule has 1 aliphatic carbocycles. The van der Waals surface area contributed by atoms with Gasteiger partial charge < -0.3 is 5.73 Å². The van der Waals surface area contributed by atoms with E-state index < -0.39 is 8.07 Å². The minimum Gasteiger partial charge on any atom is -0.330 e. The standard InChI is InChI=1S/C9H21NSi.ClH/c1-11(2,3)7-9-4-8(5-9)6-10;/h8-9H,4-7,10H2,1-3H3;1H. The third-order valence-electron chi connectivity index (χ3n) is 2.57. The lowest BCUT2D eigenvalue weighted by Crippen LogP contribution is -2.35. The average molecular weight is 208 g/mol. The lowest BCUT2D eigenvalue weighted by Gasteiger charge is -2.37. The van der Waals surface area contributed by atoms with Crippen LogP contribution in [0.1, 0.15) is 12.8 Å². The Labute approximate surface area is 83.5 Å². The molecular weight excluding hydrogens is 186 g/mol. The molecule has 1 aliphatic rings. The third-order valence-corrected chi connectivity index (χ3v) is 4.37. The number of hydrogen-bond acceptors (Lipinski definition) is 1. The van der Waals surface area contributed by atoms with Gasteiger partial charge in [-0.05, 0) is 31.2 Å². The Morgan fingerprint density at radius 3 is 2.00 bits per heavy atom. The molecule has 2 N–H and O–H groups in total. The maximum atomic E-state index is 5.57. The molecule has 1 rings (SSSR count). The van der Waals surface area contributed by atoms with Crippen LogP contribution in [0.5, 0.6) is 0 Å². The summed E-state index contributed by atoms with van der Waals surface area (Å²) in [4.78, 5) is 0. The Balaban J connectivity index is 0.00000121. The topological polar surface area (TPSA) is 26.0 Å². The maximum absolute atomic E-state index is 5.57. The van der Waals surface area contributed by atoms with Crippen LogP contribution in [0.2, 0.25) is 25.7 Å². The quantitative estimate of drug-likeness (QED) is 0.708. The predicted molar refractivity (Wildman–Crippen MR) is 60.7 cm³/mol. The van der Waals surface area contributed by atoms with Gasteiger partial charge >= 0.3 is 0 Å². The molecule has 0 aromatic heterocycles. The van der Waals surface area contributed by atoms with E-state index in [1.165, 1.54) is 18.9 Å². The summed E-state index contributed by atoms with van der Waals surface area (Å²) in [7, 11) is -0.773. The van der Waals surface area contributed by atoms with E-state index in [0.717, 1.165) is 18.4 Å². The van der Waals surface area contributed by atoms with E-state index in [9.17, 15) is 0 Å². The normalized spacial score (nSPS) is 29.0. The first-order chi connectivity index (χ1) is 5.01. The van der Waals surface area contributed by atoms with E-state index in [0.29, 0.717) is 0 Å². The number of hydrogen-bond donors (Lipinski definition) is 1. The molecule has 0 aromatic rings. The van der Waals surface area contributed by atoms with E-state index in [4.69, 9.17) is 5.73 Å². The summed E-state index contributed by atoms with van der Waals surface area (Å²) in [6.07, 6.45) is 2.83. The molecule has 0 heterocycles. The average Bonchev–Trinajstić information content (AvgIpc) is 1.75. The SMILES string of the molecule is C[Si](C)(C)CC1CC(CN)C1.Cl. The smallest absolute Gasteiger partial charge is 0.0445 e. The molecule has 1 nitrogen and oxygen atoms in total. The summed E-state index contributed by atoms with van der Waals surface area (Å²) in [6.45, 7) is 8.30. The van der Waals surface area contributed by atoms with E-state index >= 15 is 0 Å². The summed E-state index contributed by atoms with van der Waals surface area (Å²) in [5.41, 5.74) is 5.57. The van der Waals surface area contributed by atoms with Crippen LogP contribution in [0.3, 0.4) is 0 Å². The molecule has 0 amide bonds. The second kappa shape index (κ2) is 4.63. The van der Waals surface area contributed by atoms with Gasteiger partial charge in [0.2, 0.25) is 0 Å². The highest BCUT2D eigenvalue weighted by atomic mass is 35.5. The molecular formula is C9H22ClNSi. The molecule has 0 unspecified atom stereocenters. The van der Waals surface area contributed by atoms with Crippen LogP contribution in [-0.4, -0.2) is 14.6 Å². The second-order valence-electron chi connectivity index (χ2n) is 5.20. The molecule has 0 spiro atoms. The molecule has 12 heavy (non-hydrogen) atoms. The minimum atomic E-state index is -0.773. The highest BCUT2D eigenvalue weighted by Gasteiger charge is 2.31. The van der Waals surface area contributed by atoms with Crippen molar-refractivity contribution < 1.29 is 0 Å². The Morgan fingerprint density at radius 1 is 1.17 bits per heavy atom. The first kappa shape index (κ1) is 12.5. The van der Waals surface area contributed by atoms with E-state index in [1.54, 1.807) is 0 Å². The van der Waals surface area contributed by atoms with E-state index in [2.05, 4.69) is 19.6 Å². The van der Waals surface area contributed by atoms with Gasteiger partial charge in [-0.2, -0.15) is 0 Å². The third kappa shape index (κ3) is 3.92. The molecule has 1 saturated carbocycles. The second-order valence-corrected chi connectivity index (χ2v) is 10.7. The molecule has 74 valence electrons. The summed E-state index contributed by atoms with van der Waals surface area (Å²) in [5, 5.41) is 0. The van der Waals surface area contributed by atoms with Gasteiger partial charge in [-0.1, -0.05) is 25.7 Å². The molecule has 0 saturated heterocycles. The highest BCUT2D eigenvalue weighted by Crippen LogP contribution is 2.38. The van der Waals surface area contributed by atoms with Gasteiger partial charge in [0, 0.05) is 8.07 Å². The summed E-state index contributed by atoms with van der Waals surface area (Å²) >= 11 is 0. The number of rotatable bonds is 3. The van der Waals surface area contributed by atoms with Crippen molar-refractivity contribution in [2.45, 2.75) is 38.5 Å². The maximum Gasteiger partial charge on any atom is 0.0445 e. The van der Waals surface area contributed by atoms with Crippen LogP contribution in [0.25, 0.3) is 0 Å². The van der Waals surface area contributed by atoms with E-state index in [-0.39, 0.29) is 12.4 Å². The van der Waals surface area contributed by atoms with Crippen molar-refractivity contribution in [1.82, 2.24) is 0 Å². The molecule has 1 fully saturated rings. The lowest BCUT2D eigenvalue weighted by molar-refractivity contribution is 0.218. The van der Waals surface area contributed by atoms with Crippen molar-refractivity contribution in [2.24, 2.45) is 17.6 Å². The van der Waals surface area contributed by atoms with Crippen molar-refractivity contribution in [3.05, 3.63) is 0 Å². The Morgan fingerprint density at radius 2 is 1.67 bits per heavy atom. The minimum absolute atomic E-state index is 0. The van der Waals surface area contributed by atoms with Crippen LogP contribution in [0.4, 0.5) is 0 Å². The summed E-state index contributed by atoms with van der Waals surface area (Å²) in [5.74, 6) is 1.91. The Kier molecular flexibility index (Phi) is 4.81. The number of halogens is 1. The molecule has 0 bridgehead atoms. The monoisotopic (exact) mass is 207 g/mol. The van der Waals surface area contributed by atoms with Gasteiger partial charge in [-0.15, -0.1) is 12.4 Å². The van der Waals surface area contributed by atoms with Gasteiger partial charge in [-0.25, -0.2) is 0 Å². The lowest BCUT2D eigenvalue weighted by atomic mass is 9.76. The van der Waals surface area contributed by atoms with Crippen LogP contribution in [0.15, 0.2) is 0 Å². The zero-order valence-electron chi connectivity index (χ0n) is 8.47. The van der Waals surface area contributed by atoms with Gasteiger partial charge in [0.15, 0.2) is 0 Å². The Hall–Kier alpha value is 0.467. The van der Waals surface area contributed by atoms with Crippen LogP contribution in [0, 0.1) is 11.8 Å². The fourth-order valence-corrected chi connectivity index (χ4v) is 4.16. The molecule has 0 aliphatic heterocycles. The van der Waals surface area contributed by atoms with Crippen molar-refractivity contribution in [3.8, 4) is 0 Å². The van der Waals surface area contributed by atoms with Gasteiger partial charge in [0.1, 0.15) is 0 Å². The first-order valence-corrected chi connectivity index (χ1v) is 8.42. The summed E-state index contributed by atoms with van der Waals surface area (Å²) in [6, 6.07) is 1.52. The highest BCUT2D eigenvalue weighted by molar-refractivity contribution is 6.76. The van der Waals surface area contributed by atoms with Crippen molar-refractivity contribution in [2.75, 3.05) is 6.54 Å². The first-order valence-electron chi connectivity index (χ1n) is 4.71. The van der Waals surface area contributed by atoms with Crippen molar-refractivity contribution >= 4 is 20.5 Å². The van der Waals surface area contributed by atoms with Gasteiger partial charge in [0.25, 0.3) is 0 Å². The fraction of sp³-hybridized carbons (Fsp3) is 1.00. The van der Waals surface area contributed by atoms with Crippen molar-refractivity contribution in [3.63, 3.8) is 0 Å².